The van der Waals surface area contributed by atoms with Gasteiger partial charge in [0.15, 0.2) is 0 Å². The molecule has 2 amide bonds. The summed E-state index contributed by atoms with van der Waals surface area (Å²) in [6.45, 7) is 1.87. The number of benzene rings is 1. The third-order valence-electron chi connectivity index (χ3n) is 2.94. The maximum atomic E-state index is 11.8. The van der Waals surface area contributed by atoms with Crippen LogP contribution in [0.2, 0.25) is 0 Å². The maximum absolute atomic E-state index is 11.8. The highest BCUT2D eigenvalue weighted by Crippen LogP contribution is 2.16. The molecule has 0 unspecified atom stereocenters. The van der Waals surface area contributed by atoms with Crippen molar-refractivity contribution >= 4 is 39.1 Å². The summed E-state index contributed by atoms with van der Waals surface area (Å²) in [5.41, 5.74) is 1.59. The number of thiophene rings is 1. The van der Waals surface area contributed by atoms with Crippen molar-refractivity contribution in [2.75, 3.05) is 6.54 Å². The van der Waals surface area contributed by atoms with Crippen LogP contribution in [0.5, 0.6) is 0 Å². The van der Waals surface area contributed by atoms with Crippen LogP contribution in [0.15, 0.2) is 45.6 Å². The Bertz CT molecular complexity index is 611. The van der Waals surface area contributed by atoms with Crippen LogP contribution < -0.4 is 10.6 Å². The van der Waals surface area contributed by atoms with Gasteiger partial charge in [0, 0.05) is 15.4 Å². The van der Waals surface area contributed by atoms with Crippen molar-refractivity contribution < 1.29 is 9.59 Å². The van der Waals surface area contributed by atoms with Crippen LogP contribution in [0.1, 0.15) is 28.9 Å². The molecule has 4 nitrogen and oxygen atoms in total. The molecule has 0 saturated carbocycles. The molecule has 0 bridgehead atoms. The number of carbonyl (C=O) groups is 2. The first-order valence-electron chi connectivity index (χ1n) is 6.41. The second kappa shape index (κ2) is 7.38. The molecular formula is C15H15BrN2O2S. The summed E-state index contributed by atoms with van der Waals surface area (Å²) in [4.78, 5) is 23.5. The number of amides is 2. The van der Waals surface area contributed by atoms with Crippen molar-refractivity contribution in [3.05, 3.63) is 56.7 Å². The fourth-order valence-corrected chi connectivity index (χ4v) is 2.68. The molecule has 0 aliphatic heterocycles. The van der Waals surface area contributed by atoms with Gasteiger partial charge in [0.2, 0.25) is 5.91 Å². The van der Waals surface area contributed by atoms with E-state index in [2.05, 4.69) is 26.6 Å². The van der Waals surface area contributed by atoms with Gasteiger partial charge < -0.3 is 10.6 Å². The van der Waals surface area contributed by atoms with Gasteiger partial charge in [0.1, 0.15) is 0 Å². The van der Waals surface area contributed by atoms with Gasteiger partial charge in [-0.1, -0.05) is 28.1 Å². The molecule has 110 valence electrons. The molecule has 6 heteroatoms. The van der Waals surface area contributed by atoms with Crippen molar-refractivity contribution in [3.63, 3.8) is 0 Å². The van der Waals surface area contributed by atoms with E-state index in [4.69, 9.17) is 0 Å². The zero-order valence-corrected chi connectivity index (χ0v) is 13.8. The van der Waals surface area contributed by atoms with E-state index in [1.54, 1.807) is 11.4 Å². The highest BCUT2D eigenvalue weighted by molar-refractivity contribution is 9.10. The highest BCUT2D eigenvalue weighted by Gasteiger charge is 2.11. The van der Waals surface area contributed by atoms with Gasteiger partial charge in [0.25, 0.3) is 5.91 Å². The molecule has 0 aliphatic rings. The zero-order valence-electron chi connectivity index (χ0n) is 11.4. The second-order valence-electron chi connectivity index (χ2n) is 4.54. The van der Waals surface area contributed by atoms with Crippen LogP contribution in [-0.4, -0.2) is 18.4 Å². The summed E-state index contributed by atoms with van der Waals surface area (Å²) >= 11 is 4.82. The molecule has 2 N–H and O–H groups in total. The SMILES string of the molecule is C[C@H](NC(=O)CNC(=O)c1ccsc1)c1ccc(Br)cc1. The van der Waals surface area contributed by atoms with Gasteiger partial charge >= 0.3 is 0 Å². The van der Waals surface area contributed by atoms with Crippen molar-refractivity contribution in [3.8, 4) is 0 Å². The van der Waals surface area contributed by atoms with Gasteiger partial charge in [-0.2, -0.15) is 11.3 Å². The van der Waals surface area contributed by atoms with E-state index >= 15 is 0 Å². The minimum absolute atomic E-state index is 0.0322. The van der Waals surface area contributed by atoms with E-state index in [9.17, 15) is 9.59 Å². The molecule has 21 heavy (non-hydrogen) atoms. The lowest BCUT2D eigenvalue weighted by molar-refractivity contribution is -0.120. The highest BCUT2D eigenvalue weighted by atomic mass is 79.9. The average molecular weight is 367 g/mol. The quantitative estimate of drug-likeness (QED) is 0.853. The number of carbonyl (C=O) groups excluding carboxylic acids is 2. The molecule has 1 aromatic carbocycles. The van der Waals surface area contributed by atoms with Crippen LogP contribution >= 0.6 is 27.3 Å². The fourth-order valence-electron chi connectivity index (χ4n) is 1.78. The van der Waals surface area contributed by atoms with Crippen LogP contribution in [0, 0.1) is 0 Å². The van der Waals surface area contributed by atoms with Crippen LogP contribution in [0.3, 0.4) is 0 Å². The normalized spacial score (nSPS) is 11.7. The van der Waals surface area contributed by atoms with Crippen molar-refractivity contribution in [2.24, 2.45) is 0 Å². The van der Waals surface area contributed by atoms with Gasteiger partial charge in [-0.25, -0.2) is 0 Å². The third-order valence-corrected chi connectivity index (χ3v) is 4.15. The largest absolute Gasteiger partial charge is 0.348 e. The van der Waals surface area contributed by atoms with E-state index in [1.807, 2.05) is 36.6 Å². The van der Waals surface area contributed by atoms with E-state index in [1.165, 1.54) is 11.3 Å². The lowest BCUT2D eigenvalue weighted by Crippen LogP contribution is -2.37. The summed E-state index contributed by atoms with van der Waals surface area (Å²) in [6.07, 6.45) is 0. The molecule has 2 rings (SSSR count). The number of nitrogens with one attached hydrogen (secondary N) is 2. The molecule has 0 spiro atoms. The summed E-state index contributed by atoms with van der Waals surface area (Å²) in [6, 6.07) is 9.36. The monoisotopic (exact) mass is 366 g/mol. The fraction of sp³-hybridized carbons (Fsp3) is 0.200. The van der Waals surface area contributed by atoms with Crippen molar-refractivity contribution in [2.45, 2.75) is 13.0 Å². The first-order valence-corrected chi connectivity index (χ1v) is 8.15. The van der Waals surface area contributed by atoms with Crippen molar-refractivity contribution in [1.29, 1.82) is 0 Å². The first kappa shape index (κ1) is 15.7. The first-order chi connectivity index (χ1) is 10.1. The minimum atomic E-state index is -0.234. The van der Waals surface area contributed by atoms with Gasteiger partial charge in [0.05, 0.1) is 12.6 Å². The molecule has 0 aliphatic carbocycles. The standard InChI is InChI=1S/C15H15BrN2O2S/c1-10(11-2-4-13(16)5-3-11)18-14(19)8-17-15(20)12-6-7-21-9-12/h2-7,9-10H,8H2,1H3,(H,17,20)(H,18,19)/t10-/m0/s1. The Morgan fingerprint density at radius 3 is 2.57 bits per heavy atom. The summed E-state index contributed by atoms with van der Waals surface area (Å²) in [7, 11) is 0. The Kier molecular flexibility index (Phi) is 5.52. The molecule has 1 atom stereocenters. The van der Waals surface area contributed by atoms with Crippen molar-refractivity contribution in [1.82, 2.24) is 10.6 Å². The van der Waals surface area contributed by atoms with E-state index in [-0.39, 0.29) is 24.4 Å². The Hall–Kier alpha value is -1.66. The van der Waals surface area contributed by atoms with E-state index in [0.717, 1.165) is 10.0 Å². The number of halogens is 1. The Morgan fingerprint density at radius 1 is 1.24 bits per heavy atom. The average Bonchev–Trinajstić information content (AvgIpc) is 2.99. The topological polar surface area (TPSA) is 58.2 Å². The Labute approximate surface area is 135 Å². The third kappa shape index (κ3) is 4.68. The molecule has 0 saturated heterocycles. The number of hydrogen-bond acceptors (Lipinski definition) is 3. The van der Waals surface area contributed by atoms with Crippen LogP contribution in [-0.2, 0) is 4.79 Å². The summed E-state index contributed by atoms with van der Waals surface area (Å²) in [5.74, 6) is -0.448. The molecule has 0 radical (unpaired) electrons. The predicted octanol–water partition coefficient (Wildman–Crippen LogP) is 3.12. The van der Waals surface area contributed by atoms with E-state index in [0.29, 0.717) is 5.56 Å². The summed E-state index contributed by atoms with van der Waals surface area (Å²) < 4.78 is 0.993. The van der Waals surface area contributed by atoms with Gasteiger partial charge in [-0.3, -0.25) is 9.59 Å². The van der Waals surface area contributed by atoms with Crippen LogP contribution in [0.4, 0.5) is 0 Å². The zero-order chi connectivity index (χ0) is 15.2. The smallest absolute Gasteiger partial charge is 0.252 e. The summed E-state index contributed by atoms with van der Waals surface area (Å²) in [5, 5.41) is 9.02. The van der Waals surface area contributed by atoms with Gasteiger partial charge in [-0.15, -0.1) is 0 Å². The molecular weight excluding hydrogens is 352 g/mol. The van der Waals surface area contributed by atoms with Gasteiger partial charge in [-0.05, 0) is 36.1 Å². The Balaban J connectivity index is 1.81. The lowest BCUT2D eigenvalue weighted by atomic mass is 10.1. The Morgan fingerprint density at radius 2 is 1.95 bits per heavy atom. The van der Waals surface area contributed by atoms with Crippen LogP contribution in [0.25, 0.3) is 0 Å². The number of rotatable bonds is 5. The maximum Gasteiger partial charge on any atom is 0.252 e. The predicted molar refractivity (Wildman–Crippen MR) is 87.4 cm³/mol. The molecule has 1 heterocycles. The van der Waals surface area contributed by atoms with E-state index < -0.39 is 0 Å². The molecule has 0 fully saturated rings. The lowest BCUT2D eigenvalue weighted by Gasteiger charge is -2.14. The number of hydrogen-bond donors (Lipinski definition) is 2. The molecule has 1 aromatic heterocycles. The second-order valence-corrected chi connectivity index (χ2v) is 6.23. The molecule has 2 aromatic rings. The minimum Gasteiger partial charge on any atom is -0.348 e.